The number of benzene rings is 1. The molecule has 0 atom stereocenters. The van der Waals surface area contributed by atoms with E-state index in [1.54, 1.807) is 4.57 Å². The van der Waals surface area contributed by atoms with Gasteiger partial charge in [0.2, 0.25) is 0 Å². The van der Waals surface area contributed by atoms with Gasteiger partial charge in [0.15, 0.2) is 0 Å². The number of rotatable bonds is 5. The van der Waals surface area contributed by atoms with Gasteiger partial charge in [0.05, 0.1) is 7.11 Å². The largest absolute Gasteiger partial charge is 0.452 e. The smallest absolute Gasteiger partial charge is 0.418 e. The van der Waals surface area contributed by atoms with Gasteiger partial charge in [-0.25, -0.2) is 4.79 Å². The Balaban J connectivity index is 2.70. The molecular weight excluding hydrogens is 292 g/mol. The molecule has 3 N–H and O–H groups in total. The van der Waals surface area contributed by atoms with Crippen LogP contribution in [-0.4, -0.2) is 29.5 Å². The maximum absolute atomic E-state index is 12.3. The van der Waals surface area contributed by atoms with Gasteiger partial charge in [-0.3, -0.25) is 4.57 Å². The van der Waals surface area contributed by atoms with Crippen LogP contribution in [0.5, 0.6) is 0 Å². The average Bonchev–Trinajstić information content (AvgIpc) is 2.92. The number of methoxy groups -OCH3 is 1. The minimum absolute atomic E-state index is 0.0626. The molecular formula is C18H24N2O3. The van der Waals surface area contributed by atoms with Crippen molar-refractivity contribution in [1.82, 2.24) is 4.57 Å². The topological polar surface area (TPSA) is 77.5 Å². The van der Waals surface area contributed by atoms with E-state index < -0.39 is 6.09 Å². The van der Waals surface area contributed by atoms with E-state index in [-0.39, 0.29) is 12.5 Å². The third-order valence-electron chi connectivity index (χ3n) is 3.90. The molecule has 5 nitrogen and oxygen atoms in total. The molecule has 0 spiro atoms. The number of aromatic nitrogens is 1. The van der Waals surface area contributed by atoms with Crippen LogP contribution < -0.4 is 5.73 Å². The molecule has 1 heterocycles. The highest BCUT2D eigenvalue weighted by molar-refractivity contribution is 5.83. The number of carbonyl (C=O) groups is 1. The summed E-state index contributed by atoms with van der Waals surface area (Å²) in [6.07, 6.45) is 0.725. The summed E-state index contributed by atoms with van der Waals surface area (Å²) in [4.78, 5) is 12.3. The van der Waals surface area contributed by atoms with Gasteiger partial charge in [0, 0.05) is 34.8 Å². The fourth-order valence-electron chi connectivity index (χ4n) is 2.77. The predicted molar refractivity (Wildman–Crippen MR) is 91.6 cm³/mol. The number of carbonyl (C=O) groups excluding carboxylic acids is 1. The zero-order valence-corrected chi connectivity index (χ0v) is 13.9. The lowest BCUT2D eigenvalue weighted by molar-refractivity contribution is 0.171. The number of para-hydroxylation sites is 1. The molecule has 0 radical (unpaired) electrons. The Morgan fingerprint density at radius 2 is 2.00 bits per heavy atom. The van der Waals surface area contributed by atoms with E-state index in [0.29, 0.717) is 18.5 Å². The summed E-state index contributed by atoms with van der Waals surface area (Å²) in [5.41, 5.74) is 10.3. The van der Waals surface area contributed by atoms with Crippen LogP contribution in [0.3, 0.4) is 0 Å². The Hall–Kier alpha value is -2.27. The van der Waals surface area contributed by atoms with Crippen molar-refractivity contribution < 1.29 is 14.6 Å². The van der Waals surface area contributed by atoms with Gasteiger partial charge in [-0.05, 0) is 30.9 Å². The van der Waals surface area contributed by atoms with Gasteiger partial charge >= 0.3 is 6.09 Å². The fourth-order valence-corrected chi connectivity index (χ4v) is 2.77. The number of ether oxygens (including phenoxy) is 1. The van der Waals surface area contributed by atoms with Crippen molar-refractivity contribution in [1.29, 1.82) is 0 Å². The second kappa shape index (κ2) is 7.33. The van der Waals surface area contributed by atoms with Crippen molar-refractivity contribution in [2.24, 2.45) is 0 Å². The maximum Gasteiger partial charge on any atom is 0.418 e. The van der Waals surface area contributed by atoms with Crippen LogP contribution >= 0.6 is 0 Å². The van der Waals surface area contributed by atoms with E-state index in [1.165, 1.54) is 7.11 Å². The van der Waals surface area contributed by atoms with Gasteiger partial charge in [0.1, 0.15) is 0 Å². The van der Waals surface area contributed by atoms with Crippen molar-refractivity contribution in [3.05, 3.63) is 41.7 Å². The number of nitrogens with zero attached hydrogens (tertiary/aromatic N) is 1. The summed E-state index contributed by atoms with van der Waals surface area (Å²) in [6, 6.07) is 9.59. The highest BCUT2D eigenvalue weighted by Gasteiger charge is 2.23. The van der Waals surface area contributed by atoms with Gasteiger partial charge in [-0.2, -0.15) is 0 Å². The first-order valence-electron chi connectivity index (χ1n) is 7.79. The van der Waals surface area contributed by atoms with Gasteiger partial charge in [0.25, 0.3) is 0 Å². The summed E-state index contributed by atoms with van der Waals surface area (Å²) >= 11 is 0. The van der Waals surface area contributed by atoms with E-state index in [0.717, 1.165) is 22.5 Å². The molecule has 0 bridgehead atoms. The molecule has 0 saturated carbocycles. The fraction of sp³-hybridized carbons (Fsp3) is 0.389. The number of anilines is 1. The highest BCUT2D eigenvalue weighted by Crippen LogP contribution is 2.34. The van der Waals surface area contributed by atoms with Crippen molar-refractivity contribution in [3.8, 4) is 11.1 Å². The molecule has 5 heteroatoms. The third-order valence-corrected chi connectivity index (χ3v) is 3.90. The van der Waals surface area contributed by atoms with Gasteiger partial charge in [-0.1, -0.05) is 32.0 Å². The normalized spacial score (nSPS) is 11.0. The summed E-state index contributed by atoms with van der Waals surface area (Å²) in [7, 11) is 1.37. The number of aliphatic hydroxyl groups is 1. The number of nitrogens with two attached hydrogens (primary N) is 1. The average molecular weight is 316 g/mol. The Kier molecular flexibility index (Phi) is 5.45. The molecule has 1 aromatic carbocycles. The minimum atomic E-state index is -0.414. The lowest BCUT2D eigenvalue weighted by atomic mass is 10.0. The second-order valence-corrected chi connectivity index (χ2v) is 5.80. The number of hydrogen-bond donors (Lipinski definition) is 2. The Bertz CT molecular complexity index is 690. The Morgan fingerprint density at radius 3 is 2.57 bits per heavy atom. The van der Waals surface area contributed by atoms with Crippen LogP contribution in [0.25, 0.3) is 11.1 Å². The van der Waals surface area contributed by atoms with Crippen molar-refractivity contribution in [3.63, 3.8) is 0 Å². The Labute approximate surface area is 136 Å². The van der Waals surface area contributed by atoms with E-state index in [9.17, 15) is 9.90 Å². The van der Waals surface area contributed by atoms with Gasteiger partial charge < -0.3 is 15.6 Å². The summed E-state index contributed by atoms with van der Waals surface area (Å²) in [6.45, 7) is 4.12. The van der Waals surface area contributed by atoms with Crippen LogP contribution in [0.15, 0.2) is 30.3 Å². The molecule has 2 rings (SSSR count). The number of hydrogen-bond acceptors (Lipinski definition) is 4. The maximum atomic E-state index is 12.3. The lowest BCUT2D eigenvalue weighted by Crippen LogP contribution is -2.18. The highest BCUT2D eigenvalue weighted by atomic mass is 16.5. The summed E-state index contributed by atoms with van der Waals surface area (Å²) in [5.74, 6) is 0.153. The summed E-state index contributed by atoms with van der Waals surface area (Å²) < 4.78 is 6.57. The predicted octanol–water partition coefficient (Wildman–Crippen LogP) is 3.40. The molecule has 124 valence electrons. The molecule has 2 aromatic rings. The standard InChI is InChI=1S/C18H24N2O3/c1-12(2)17-11-14(13-7-4-5-8-15(13)19)16(9-6-10-21)20(17)18(22)23-3/h4-5,7-8,11-12,21H,6,9-10,19H2,1-3H3. The SMILES string of the molecule is COC(=O)n1c(C(C)C)cc(-c2ccccc2N)c1CCCO. The molecule has 0 aliphatic rings. The monoisotopic (exact) mass is 316 g/mol. The van der Waals surface area contributed by atoms with Crippen molar-refractivity contribution in [2.75, 3.05) is 19.5 Å². The van der Waals surface area contributed by atoms with E-state index in [4.69, 9.17) is 10.5 Å². The molecule has 23 heavy (non-hydrogen) atoms. The molecule has 0 aliphatic heterocycles. The first kappa shape index (κ1) is 17.1. The first-order chi connectivity index (χ1) is 11.0. The molecule has 0 amide bonds. The second-order valence-electron chi connectivity index (χ2n) is 5.80. The minimum Gasteiger partial charge on any atom is -0.452 e. The van der Waals surface area contributed by atoms with Crippen LogP contribution in [0.1, 0.15) is 37.6 Å². The van der Waals surface area contributed by atoms with Gasteiger partial charge in [-0.15, -0.1) is 0 Å². The van der Waals surface area contributed by atoms with Crippen LogP contribution in [0, 0.1) is 0 Å². The molecule has 0 unspecified atom stereocenters. The number of aliphatic hydroxyl groups excluding tert-OH is 1. The van der Waals surface area contributed by atoms with E-state index in [2.05, 4.69) is 0 Å². The Morgan fingerprint density at radius 1 is 1.30 bits per heavy atom. The zero-order chi connectivity index (χ0) is 17.0. The van der Waals surface area contributed by atoms with Crippen LogP contribution in [0.2, 0.25) is 0 Å². The molecule has 0 fully saturated rings. The third kappa shape index (κ3) is 3.40. The van der Waals surface area contributed by atoms with Crippen molar-refractivity contribution in [2.45, 2.75) is 32.6 Å². The van der Waals surface area contributed by atoms with Crippen LogP contribution in [-0.2, 0) is 11.2 Å². The zero-order valence-electron chi connectivity index (χ0n) is 13.9. The van der Waals surface area contributed by atoms with Crippen LogP contribution in [0.4, 0.5) is 10.5 Å². The quantitative estimate of drug-likeness (QED) is 0.829. The molecule has 0 saturated heterocycles. The summed E-state index contributed by atoms with van der Waals surface area (Å²) in [5, 5.41) is 9.20. The molecule has 0 aliphatic carbocycles. The van der Waals surface area contributed by atoms with Crippen molar-refractivity contribution >= 4 is 11.8 Å². The van der Waals surface area contributed by atoms with E-state index in [1.807, 2.05) is 44.2 Å². The lowest BCUT2D eigenvalue weighted by Gasteiger charge is -2.13. The van der Waals surface area contributed by atoms with E-state index >= 15 is 0 Å². The molecule has 1 aromatic heterocycles. The number of nitrogen functional groups attached to an aromatic ring is 1. The first-order valence-corrected chi connectivity index (χ1v) is 7.79.